The summed E-state index contributed by atoms with van der Waals surface area (Å²) in [6.07, 6.45) is 0. The summed E-state index contributed by atoms with van der Waals surface area (Å²) in [5, 5.41) is 13.7. The predicted molar refractivity (Wildman–Crippen MR) is 132 cm³/mol. The van der Waals surface area contributed by atoms with Crippen molar-refractivity contribution in [3.63, 3.8) is 0 Å². The van der Waals surface area contributed by atoms with E-state index < -0.39 is 7.92 Å². The molecule has 0 amide bonds. The van der Waals surface area contributed by atoms with E-state index in [1.807, 2.05) is 36.4 Å². The lowest BCUT2D eigenvalue weighted by Crippen LogP contribution is -2.25. The third-order valence-corrected chi connectivity index (χ3v) is 8.16. The van der Waals surface area contributed by atoms with Crippen molar-refractivity contribution in [1.29, 1.82) is 0 Å². The van der Waals surface area contributed by atoms with Gasteiger partial charge in [-0.1, -0.05) is 84.9 Å². The molecule has 0 aliphatic rings. The smallest absolute Gasteiger partial charge is 0.115 e. The fraction of sp³-hybridized carbons (Fsp3) is 0.143. The average molecular weight is 413 g/mol. The van der Waals surface area contributed by atoms with Gasteiger partial charge in [-0.15, -0.1) is 0 Å². The normalized spacial score (nSPS) is 10.4. The Morgan fingerprint density at radius 3 is 1.30 bits per heavy atom. The molecule has 152 valence electrons. The molecule has 1 nitrogen and oxygen atoms in total. The van der Waals surface area contributed by atoms with Crippen LogP contribution in [0.4, 0.5) is 0 Å². The fourth-order valence-corrected chi connectivity index (χ4v) is 6.11. The monoisotopic (exact) mass is 412 g/mol. The highest BCUT2D eigenvalue weighted by atomic mass is 31.1. The number of phenols is 1. The van der Waals surface area contributed by atoms with Crippen molar-refractivity contribution in [3.05, 3.63) is 119 Å². The molecule has 0 saturated carbocycles. The topological polar surface area (TPSA) is 20.2 Å². The second-order valence-corrected chi connectivity index (χ2v) is 9.60. The zero-order valence-corrected chi connectivity index (χ0v) is 19.0. The Balaban J connectivity index is 0.000000367. The molecule has 0 saturated heterocycles. The van der Waals surface area contributed by atoms with Gasteiger partial charge in [-0.25, -0.2) is 0 Å². The van der Waals surface area contributed by atoms with Crippen LogP contribution in [0, 0.1) is 27.7 Å². The van der Waals surface area contributed by atoms with Crippen LogP contribution in [-0.4, -0.2) is 5.11 Å². The molecule has 0 atom stereocenters. The first-order valence-electron chi connectivity index (χ1n) is 10.2. The van der Waals surface area contributed by atoms with Crippen LogP contribution in [0.5, 0.6) is 5.75 Å². The highest BCUT2D eigenvalue weighted by molar-refractivity contribution is 7.80. The Kier molecular flexibility index (Phi) is 7.44. The maximum atomic E-state index is 9.68. The van der Waals surface area contributed by atoms with Gasteiger partial charge in [0, 0.05) is 0 Å². The van der Waals surface area contributed by atoms with Crippen LogP contribution in [0.1, 0.15) is 22.3 Å². The fourth-order valence-electron chi connectivity index (χ4n) is 3.35. The molecule has 0 aromatic heterocycles. The number of aromatic hydroxyl groups is 1. The summed E-state index contributed by atoms with van der Waals surface area (Å²) >= 11 is 0. The Morgan fingerprint density at radius 1 is 0.500 bits per heavy atom. The van der Waals surface area contributed by atoms with Gasteiger partial charge in [-0.2, -0.15) is 0 Å². The van der Waals surface area contributed by atoms with Crippen molar-refractivity contribution in [2.45, 2.75) is 27.7 Å². The van der Waals surface area contributed by atoms with Crippen molar-refractivity contribution in [2.24, 2.45) is 0 Å². The van der Waals surface area contributed by atoms with E-state index in [9.17, 15) is 5.11 Å². The quantitative estimate of drug-likeness (QED) is 0.405. The van der Waals surface area contributed by atoms with Gasteiger partial charge in [0.05, 0.1) is 0 Å². The lowest BCUT2D eigenvalue weighted by atomic mass is 10.1. The van der Waals surface area contributed by atoms with Crippen molar-refractivity contribution in [3.8, 4) is 5.75 Å². The summed E-state index contributed by atoms with van der Waals surface area (Å²) in [6, 6.07) is 32.9. The maximum absolute atomic E-state index is 9.68. The van der Waals surface area contributed by atoms with E-state index in [1.165, 1.54) is 38.2 Å². The molecule has 0 aliphatic carbocycles. The molecule has 4 aromatic carbocycles. The molecule has 0 spiro atoms. The van der Waals surface area contributed by atoms with Gasteiger partial charge in [0.2, 0.25) is 0 Å². The SMILES string of the molecule is Cc1cccc(P(c2ccc(O)cc2)c2cccc(C)c2C)c1C.c1ccccc1. The molecule has 0 radical (unpaired) electrons. The van der Waals surface area contributed by atoms with Crippen LogP contribution in [0.2, 0.25) is 0 Å². The average Bonchev–Trinajstić information content (AvgIpc) is 2.77. The van der Waals surface area contributed by atoms with Gasteiger partial charge in [0.15, 0.2) is 0 Å². The molecule has 0 aliphatic heterocycles. The zero-order valence-electron chi connectivity index (χ0n) is 18.1. The van der Waals surface area contributed by atoms with Crippen molar-refractivity contribution >= 4 is 23.8 Å². The van der Waals surface area contributed by atoms with E-state index in [-0.39, 0.29) is 0 Å². The number of hydrogen-bond donors (Lipinski definition) is 1. The molecule has 0 bridgehead atoms. The highest BCUT2D eigenvalue weighted by Gasteiger charge is 2.21. The van der Waals surface area contributed by atoms with Crippen molar-refractivity contribution in [1.82, 2.24) is 0 Å². The third-order valence-electron chi connectivity index (χ3n) is 5.41. The summed E-state index contributed by atoms with van der Waals surface area (Å²) in [5.41, 5.74) is 5.36. The lowest BCUT2D eigenvalue weighted by Gasteiger charge is -2.24. The standard InChI is InChI=1S/C22H23OP.C6H6/c1-15-7-5-9-21(17(15)3)24(20-13-11-19(23)12-14-20)22-10-6-8-16(2)18(22)4;1-2-4-6-5-3-1/h5-14,23H,1-4H3;1-6H. The Hall–Kier alpha value is -2.89. The number of aryl methyl sites for hydroxylation is 2. The summed E-state index contributed by atoms with van der Waals surface area (Å²) in [4.78, 5) is 0. The minimum absolute atomic E-state index is 0.315. The zero-order chi connectivity index (χ0) is 21.5. The van der Waals surface area contributed by atoms with E-state index in [1.54, 1.807) is 12.1 Å². The van der Waals surface area contributed by atoms with Gasteiger partial charge in [0.1, 0.15) is 5.75 Å². The first-order valence-corrected chi connectivity index (χ1v) is 11.5. The van der Waals surface area contributed by atoms with Crippen LogP contribution < -0.4 is 15.9 Å². The number of phenolic OH excluding ortho intramolecular Hbond substituents is 1. The van der Waals surface area contributed by atoms with Gasteiger partial charge >= 0.3 is 0 Å². The molecule has 4 aromatic rings. The lowest BCUT2D eigenvalue weighted by molar-refractivity contribution is 0.475. The van der Waals surface area contributed by atoms with Gasteiger partial charge < -0.3 is 5.11 Å². The minimum Gasteiger partial charge on any atom is -0.508 e. The van der Waals surface area contributed by atoms with E-state index in [0.717, 1.165) is 0 Å². The molecule has 0 unspecified atom stereocenters. The van der Waals surface area contributed by atoms with Gasteiger partial charge in [-0.3, -0.25) is 0 Å². The Labute approximate surface area is 181 Å². The van der Waals surface area contributed by atoms with Gasteiger partial charge in [0.25, 0.3) is 0 Å². The first-order chi connectivity index (χ1) is 14.5. The molecule has 0 heterocycles. The Morgan fingerprint density at radius 2 is 0.900 bits per heavy atom. The maximum Gasteiger partial charge on any atom is 0.115 e. The first kappa shape index (κ1) is 21.8. The summed E-state index contributed by atoms with van der Waals surface area (Å²) in [6.45, 7) is 8.77. The van der Waals surface area contributed by atoms with Crippen LogP contribution in [0.15, 0.2) is 97.1 Å². The van der Waals surface area contributed by atoms with E-state index in [0.29, 0.717) is 5.75 Å². The van der Waals surface area contributed by atoms with Crippen LogP contribution >= 0.6 is 7.92 Å². The second kappa shape index (κ2) is 10.2. The summed E-state index contributed by atoms with van der Waals surface area (Å²) in [7, 11) is -0.644. The van der Waals surface area contributed by atoms with Crippen molar-refractivity contribution < 1.29 is 5.11 Å². The number of benzene rings is 4. The third kappa shape index (κ3) is 5.17. The molecule has 0 fully saturated rings. The summed E-state index contributed by atoms with van der Waals surface area (Å²) < 4.78 is 0. The molecule has 4 rings (SSSR count). The van der Waals surface area contributed by atoms with Gasteiger partial charge in [-0.05, 0) is 85.9 Å². The number of rotatable bonds is 3. The Bertz CT molecular complexity index is 1010. The van der Waals surface area contributed by atoms with Crippen molar-refractivity contribution in [2.75, 3.05) is 0 Å². The van der Waals surface area contributed by atoms with Crippen LogP contribution in [0.25, 0.3) is 0 Å². The molecule has 1 N–H and O–H groups in total. The van der Waals surface area contributed by atoms with E-state index >= 15 is 0 Å². The van der Waals surface area contributed by atoms with E-state index in [2.05, 4.69) is 76.2 Å². The molecule has 30 heavy (non-hydrogen) atoms. The molecule has 2 heteroatoms. The largest absolute Gasteiger partial charge is 0.508 e. The second-order valence-electron chi connectivity index (χ2n) is 7.44. The number of hydrogen-bond acceptors (Lipinski definition) is 1. The highest BCUT2D eigenvalue weighted by Crippen LogP contribution is 2.36. The molecular formula is C28H29OP. The van der Waals surface area contributed by atoms with E-state index in [4.69, 9.17) is 0 Å². The van der Waals surface area contributed by atoms with Crippen LogP contribution in [0.3, 0.4) is 0 Å². The summed E-state index contributed by atoms with van der Waals surface area (Å²) in [5.74, 6) is 0.315. The minimum atomic E-state index is -0.644. The van der Waals surface area contributed by atoms with Crippen LogP contribution in [-0.2, 0) is 0 Å². The predicted octanol–water partition coefficient (Wildman–Crippen LogP) is 6.07. The molecular weight excluding hydrogens is 383 g/mol.